The van der Waals surface area contributed by atoms with Crippen LogP contribution >= 0.6 is 23.5 Å². The van der Waals surface area contributed by atoms with Crippen molar-refractivity contribution >= 4 is 111 Å². The SMILES string of the molecule is c1ccc(-c2nc(-c3cccc(-c4nc5ccccc5c5cc6c(cc45)Sc4ccccc4C64c5ccccc5-c5ccccc54)c3)nc(-c3cccc4c3oc3ccccc34)n2)cc1.c1ccc(-c2nc(-c3cccc(-c4nc5ccccc5c5cc6c(cc45)Sc4ccccc4C64c5ccccc5-c5ccccc54)c3)nc(-c3cccc4oc5ccccc5c34)n2)cc1. The summed E-state index contributed by atoms with van der Waals surface area (Å²) in [6, 6.07) is 147. The zero-order chi connectivity index (χ0) is 85.3. The Balaban J connectivity index is 0.000000134. The molecule has 0 saturated carbocycles. The van der Waals surface area contributed by atoms with Crippen LogP contribution in [0.3, 0.4) is 0 Å². The highest BCUT2D eigenvalue weighted by atomic mass is 32.2. The Morgan fingerprint density at radius 2 is 0.523 bits per heavy atom. The van der Waals surface area contributed by atoms with E-state index in [9.17, 15) is 0 Å². The van der Waals surface area contributed by atoms with Crippen LogP contribution in [0.5, 0.6) is 0 Å². The van der Waals surface area contributed by atoms with Gasteiger partial charge in [0, 0.05) is 102 Å². The monoisotopic (exact) mass is 1690 g/mol. The molecule has 12 heteroatoms. The second kappa shape index (κ2) is 29.1. The number of nitrogens with zero attached hydrogens (tertiary/aromatic N) is 8. The van der Waals surface area contributed by atoms with Crippen LogP contribution in [0.15, 0.2) is 441 Å². The number of para-hydroxylation sites is 5. The van der Waals surface area contributed by atoms with Gasteiger partial charge < -0.3 is 8.83 Å². The summed E-state index contributed by atoms with van der Waals surface area (Å²) in [6.45, 7) is 0. The second-order valence-corrected chi connectivity index (χ2v) is 35.9. The maximum absolute atomic E-state index is 6.50. The number of benzene rings is 18. The van der Waals surface area contributed by atoms with Gasteiger partial charge in [0.2, 0.25) is 0 Å². The Morgan fingerprint density at radius 3 is 1.02 bits per heavy atom. The van der Waals surface area contributed by atoms with E-state index < -0.39 is 10.8 Å². The van der Waals surface area contributed by atoms with Crippen LogP contribution in [0.2, 0.25) is 0 Å². The van der Waals surface area contributed by atoms with E-state index in [-0.39, 0.29) is 0 Å². The Kier molecular flexibility index (Phi) is 16.5. The van der Waals surface area contributed by atoms with Crippen molar-refractivity contribution in [2.45, 2.75) is 30.4 Å². The summed E-state index contributed by atoms with van der Waals surface area (Å²) in [6.07, 6.45) is 0. The molecule has 0 unspecified atom stereocenters. The molecule has 10 nitrogen and oxygen atoms in total. The molecule has 0 radical (unpaired) electrons. The number of furan rings is 2. The Hall–Kier alpha value is -16.4. The van der Waals surface area contributed by atoms with Crippen molar-refractivity contribution < 1.29 is 8.83 Å². The first-order chi connectivity index (χ1) is 64.4. The average molecular weight is 1690 g/mol. The fraction of sp³-hybridized carbons (Fsp3) is 0.0169. The first-order valence-corrected chi connectivity index (χ1v) is 45.4. The Morgan fingerprint density at radius 1 is 0.185 bits per heavy atom. The number of rotatable bonds is 8. The highest BCUT2D eigenvalue weighted by Gasteiger charge is 2.52. The van der Waals surface area contributed by atoms with E-state index in [1.165, 1.54) is 97.1 Å². The summed E-state index contributed by atoms with van der Waals surface area (Å²) in [5.41, 5.74) is 28.9. The summed E-state index contributed by atoms with van der Waals surface area (Å²) in [5, 5.41) is 10.9. The third kappa shape index (κ3) is 11.2. The van der Waals surface area contributed by atoms with Gasteiger partial charge in [0.25, 0.3) is 0 Å². The molecule has 18 aromatic carbocycles. The molecule has 130 heavy (non-hydrogen) atoms. The first-order valence-electron chi connectivity index (χ1n) is 43.7. The van der Waals surface area contributed by atoms with Gasteiger partial charge in [-0.05, 0) is 162 Å². The summed E-state index contributed by atoms with van der Waals surface area (Å²) in [4.78, 5) is 46.9. The highest BCUT2D eigenvalue weighted by Crippen LogP contribution is 2.65. The second-order valence-electron chi connectivity index (χ2n) is 33.7. The van der Waals surface area contributed by atoms with Gasteiger partial charge >= 0.3 is 0 Å². The molecule has 4 aliphatic rings. The van der Waals surface area contributed by atoms with E-state index in [1.54, 1.807) is 0 Å². The van der Waals surface area contributed by atoms with Crippen LogP contribution in [0.1, 0.15) is 44.5 Å². The molecule has 8 heterocycles. The predicted octanol–water partition coefficient (Wildman–Crippen LogP) is 29.9. The Bertz CT molecular complexity index is 8840. The maximum atomic E-state index is 6.50. The van der Waals surface area contributed by atoms with Crippen molar-refractivity contribution in [2.24, 2.45) is 0 Å². The van der Waals surface area contributed by atoms with E-state index in [1.807, 2.05) is 145 Å². The number of hydrogen-bond donors (Lipinski definition) is 0. The third-order valence-electron chi connectivity index (χ3n) is 26.7. The molecule has 604 valence electrons. The third-order valence-corrected chi connectivity index (χ3v) is 29.0. The van der Waals surface area contributed by atoms with Crippen molar-refractivity contribution in [3.8, 4) is 113 Å². The molecule has 2 spiro atoms. The normalized spacial score (nSPS) is 13.3. The molecule has 2 aliphatic heterocycles. The van der Waals surface area contributed by atoms with E-state index in [4.69, 9.17) is 48.7 Å². The van der Waals surface area contributed by atoms with E-state index in [0.29, 0.717) is 34.9 Å². The lowest BCUT2D eigenvalue weighted by Gasteiger charge is -2.40. The van der Waals surface area contributed by atoms with Gasteiger partial charge in [0.1, 0.15) is 22.3 Å². The number of hydrogen-bond acceptors (Lipinski definition) is 12. The summed E-state index contributed by atoms with van der Waals surface area (Å²) < 4.78 is 12.8. The lowest BCUT2D eigenvalue weighted by atomic mass is 9.67. The quantitative estimate of drug-likeness (QED) is 0.134. The highest BCUT2D eigenvalue weighted by molar-refractivity contribution is 7.99. The fourth-order valence-electron chi connectivity index (χ4n) is 21.2. The van der Waals surface area contributed by atoms with Gasteiger partial charge in [-0.3, -0.25) is 0 Å². The molecule has 2 aliphatic carbocycles. The molecule has 0 saturated heterocycles. The van der Waals surface area contributed by atoms with Crippen LogP contribution in [-0.2, 0) is 10.8 Å². The van der Waals surface area contributed by atoms with Crippen molar-refractivity contribution in [3.05, 3.63) is 457 Å². The van der Waals surface area contributed by atoms with Gasteiger partial charge in [-0.1, -0.05) is 351 Å². The Labute approximate surface area is 754 Å². The molecule has 24 aromatic rings. The molecule has 0 N–H and O–H groups in total. The van der Waals surface area contributed by atoms with Crippen molar-refractivity contribution in [2.75, 3.05) is 0 Å². The maximum Gasteiger partial charge on any atom is 0.167 e. The standard InChI is InChI=1S/2C59H34N4OS/c1-2-16-35(17-3-1)56-61-57(63-58(62-56)43-25-15-24-42-41-23-7-12-30-51(41)64-55(42)43)37-19-14-18-36(32-37)54-45-34-53-49(33-44(45)40-22-6-11-29-50(40)60-54)59(48-28-10-13-31-52(48)65-53)46-26-8-4-20-38(46)39-21-5-9-27-47(39)59;1-2-16-35(17-3-1)56-61-57(63-58(62-56)42-24-15-30-51-54(42)41-23-7-12-29-50(41)64-51)37-19-14-18-36(32-37)55-44-34-53-48(33-43(44)40-22-6-11-28-49(40)60-55)59(47-27-10-13-31-52(47)65-53)45-25-8-4-20-38(45)39-21-5-9-26-46(39)59/h2*1-34H. The zero-order valence-electron chi connectivity index (χ0n) is 69.5. The largest absolute Gasteiger partial charge is 0.456 e. The average Bonchev–Trinajstić information content (AvgIpc) is 1.47. The topological polar surface area (TPSA) is 129 Å². The van der Waals surface area contributed by atoms with Crippen LogP contribution in [0.25, 0.3) is 200 Å². The summed E-state index contributed by atoms with van der Waals surface area (Å²) >= 11 is 3.71. The van der Waals surface area contributed by atoms with Gasteiger partial charge in [-0.25, -0.2) is 39.9 Å². The molecule has 0 bridgehead atoms. The lowest BCUT2D eigenvalue weighted by Crippen LogP contribution is -2.32. The lowest BCUT2D eigenvalue weighted by molar-refractivity contribution is 0.669. The minimum absolute atomic E-state index is 0.483. The molecule has 6 aromatic heterocycles. The minimum Gasteiger partial charge on any atom is -0.456 e. The van der Waals surface area contributed by atoms with Gasteiger partial charge in [0.05, 0.1) is 38.8 Å². The summed E-state index contributed by atoms with van der Waals surface area (Å²) in [5.74, 6) is 3.47. The van der Waals surface area contributed by atoms with Gasteiger partial charge in [0.15, 0.2) is 34.9 Å². The van der Waals surface area contributed by atoms with Gasteiger partial charge in [-0.15, -0.1) is 0 Å². The van der Waals surface area contributed by atoms with Crippen molar-refractivity contribution in [1.29, 1.82) is 0 Å². The number of fused-ring (bicyclic) bond motifs is 30. The zero-order valence-corrected chi connectivity index (χ0v) is 71.1. The molecule has 0 amide bonds. The van der Waals surface area contributed by atoms with Crippen LogP contribution < -0.4 is 0 Å². The fourth-order valence-corrected chi connectivity index (χ4v) is 23.6. The summed E-state index contributed by atoms with van der Waals surface area (Å²) in [7, 11) is 0. The van der Waals surface area contributed by atoms with E-state index in [2.05, 4.69) is 291 Å². The molecule has 0 atom stereocenters. The minimum atomic E-state index is -0.484. The number of aromatic nitrogens is 8. The van der Waals surface area contributed by atoms with Crippen molar-refractivity contribution in [3.63, 3.8) is 0 Å². The molecular formula is C118H68N8O2S2. The van der Waals surface area contributed by atoms with Gasteiger partial charge in [-0.2, -0.15) is 0 Å². The van der Waals surface area contributed by atoms with E-state index >= 15 is 0 Å². The molecule has 0 fully saturated rings. The van der Waals surface area contributed by atoms with Crippen LogP contribution in [-0.4, -0.2) is 39.9 Å². The number of pyridine rings is 2. The molecular weight excluding hydrogens is 1630 g/mol. The molecule has 28 rings (SSSR count). The van der Waals surface area contributed by atoms with Crippen LogP contribution in [0.4, 0.5) is 0 Å². The smallest absolute Gasteiger partial charge is 0.167 e. The van der Waals surface area contributed by atoms with Crippen LogP contribution in [0, 0.1) is 0 Å². The van der Waals surface area contributed by atoms with E-state index in [0.717, 1.165) is 132 Å². The first kappa shape index (κ1) is 73.9. The van der Waals surface area contributed by atoms with Crippen molar-refractivity contribution in [1.82, 2.24) is 39.9 Å². The predicted molar refractivity (Wildman–Crippen MR) is 526 cm³/mol.